The molecule has 1 nitrogen and oxygen atoms in total. The van der Waals surface area contributed by atoms with Crippen molar-refractivity contribution in [2.45, 2.75) is 26.2 Å². The fourth-order valence-electron chi connectivity index (χ4n) is 7.51. The van der Waals surface area contributed by atoms with Gasteiger partial charge in [0.15, 0.2) is 0 Å². The molecule has 0 fully saturated rings. The second-order valence-electron chi connectivity index (χ2n) is 13.6. The Hall–Kier alpha value is -5.66. The number of benzene rings is 8. The Morgan fingerprint density at radius 3 is 1.72 bits per heavy atom. The smallest absolute Gasteiger partial charge is 0.139 e. The van der Waals surface area contributed by atoms with Gasteiger partial charge in [0.2, 0.25) is 0 Å². The number of furan rings is 1. The average Bonchev–Trinajstić information content (AvgIpc) is 3.49. The molecule has 0 aliphatic heterocycles. The van der Waals surface area contributed by atoms with Gasteiger partial charge in [-0.25, -0.2) is 0 Å². The first kappa shape index (κ1) is 26.5. The topological polar surface area (TPSA) is 13.1 Å². The normalized spacial score (nSPS) is 12.4. The summed E-state index contributed by atoms with van der Waals surface area (Å²) in [7, 11) is 0. The summed E-state index contributed by atoms with van der Waals surface area (Å²) < 4.78 is 14.6. The summed E-state index contributed by atoms with van der Waals surface area (Å²) in [5, 5.41) is 9.50. The summed E-state index contributed by atoms with van der Waals surface area (Å²) in [5.74, 6) is 0. The molecule has 0 aliphatic rings. The molecule has 8 aromatic carbocycles. The average molecular weight is 604 g/mol. The van der Waals surface area contributed by atoms with Crippen LogP contribution in [0.25, 0.3) is 87.6 Å². The number of fused-ring (bicyclic) bond motifs is 6. The van der Waals surface area contributed by atoms with Gasteiger partial charge in [-0.15, -0.1) is 0 Å². The molecule has 1 heterocycles. The van der Waals surface area contributed by atoms with E-state index in [1.165, 1.54) is 65.9 Å². The van der Waals surface area contributed by atoms with Gasteiger partial charge in [-0.3, -0.25) is 0 Å². The van der Waals surface area contributed by atoms with E-state index >= 15 is 0 Å². The van der Waals surface area contributed by atoms with Gasteiger partial charge in [0.1, 0.15) is 11.2 Å². The molecular formula is C46H34O. The Balaban J connectivity index is 1.24. The minimum atomic E-state index is -0.0406. The van der Waals surface area contributed by atoms with Crippen LogP contribution in [0.15, 0.2) is 156 Å². The van der Waals surface area contributed by atoms with Gasteiger partial charge in [-0.2, -0.15) is 0 Å². The fraction of sp³-hybridized carbons (Fsp3) is 0.0870. The highest BCUT2D eigenvalue weighted by Gasteiger charge is 2.23. The fourth-order valence-corrected chi connectivity index (χ4v) is 7.51. The predicted octanol–water partition coefficient (Wildman–Crippen LogP) is 13.3. The Morgan fingerprint density at radius 1 is 0.489 bits per heavy atom. The lowest BCUT2D eigenvalue weighted by Crippen LogP contribution is -2.11. The second-order valence-corrected chi connectivity index (χ2v) is 13.6. The maximum atomic E-state index is 8.06. The standard InChI is InChI=1S/C46H34O/c1-46(2,3)40-27-26-34(44-39-18-10-11-19-41(39)47-45(40)44)30-21-23-31(24-22-30)42-35-14-6-8-16-37(35)43(38-17-9-7-15-36(38)42)33-25-20-29-12-4-5-13-32(29)28-33/h4-28H,1-3H3/i4D. The van der Waals surface area contributed by atoms with E-state index in [-0.39, 0.29) is 5.41 Å². The van der Waals surface area contributed by atoms with Crippen molar-refractivity contribution in [2.24, 2.45) is 0 Å². The SMILES string of the molecule is [2H]c1ccc2cc(-c3c4ccccc4c(-c4ccc(-c5ccc(C(C)(C)C)c6oc7ccccc7c56)cc4)c4ccccc34)ccc2c1. The summed E-state index contributed by atoms with van der Waals surface area (Å²) in [6.07, 6.45) is 0. The van der Waals surface area contributed by atoms with Crippen LogP contribution >= 0.6 is 0 Å². The zero-order chi connectivity index (χ0) is 32.6. The molecule has 0 amide bonds. The Labute approximate surface area is 276 Å². The lowest BCUT2D eigenvalue weighted by Gasteiger charge is -2.20. The highest BCUT2D eigenvalue weighted by atomic mass is 16.3. The first-order chi connectivity index (χ1) is 23.3. The van der Waals surface area contributed by atoms with Crippen LogP contribution in [0.5, 0.6) is 0 Å². The van der Waals surface area contributed by atoms with Gasteiger partial charge in [-0.05, 0) is 83.2 Å². The van der Waals surface area contributed by atoms with E-state index in [9.17, 15) is 0 Å². The molecule has 0 aliphatic carbocycles. The minimum absolute atomic E-state index is 0.0406. The van der Waals surface area contributed by atoms with Crippen LogP contribution in [0.2, 0.25) is 0 Å². The molecule has 0 unspecified atom stereocenters. The third-order valence-corrected chi connectivity index (χ3v) is 9.72. The molecule has 224 valence electrons. The molecular weight excluding hydrogens is 569 g/mol. The van der Waals surface area contributed by atoms with Gasteiger partial charge in [-0.1, -0.05) is 160 Å². The quantitative estimate of drug-likeness (QED) is 0.183. The number of hydrogen-bond donors (Lipinski definition) is 0. The predicted molar refractivity (Wildman–Crippen MR) is 201 cm³/mol. The van der Waals surface area contributed by atoms with Crippen molar-refractivity contribution in [1.29, 1.82) is 0 Å². The first-order valence-corrected chi connectivity index (χ1v) is 16.3. The monoisotopic (exact) mass is 603 g/mol. The zero-order valence-electron chi connectivity index (χ0n) is 27.8. The maximum Gasteiger partial charge on any atom is 0.139 e. The van der Waals surface area contributed by atoms with E-state index in [1.54, 1.807) is 0 Å². The molecule has 0 N–H and O–H groups in total. The number of rotatable bonds is 3. The molecule has 0 atom stereocenters. The van der Waals surface area contributed by atoms with Crippen molar-refractivity contribution >= 4 is 54.3 Å². The van der Waals surface area contributed by atoms with Crippen LogP contribution in [0.3, 0.4) is 0 Å². The third-order valence-electron chi connectivity index (χ3n) is 9.72. The van der Waals surface area contributed by atoms with E-state index in [4.69, 9.17) is 5.79 Å². The Morgan fingerprint density at radius 2 is 1.06 bits per heavy atom. The molecule has 0 radical (unpaired) electrons. The molecule has 0 saturated carbocycles. The molecule has 9 rings (SSSR count). The summed E-state index contributed by atoms with van der Waals surface area (Å²) >= 11 is 0. The summed E-state index contributed by atoms with van der Waals surface area (Å²) in [6, 6.07) is 52.6. The number of hydrogen-bond acceptors (Lipinski definition) is 1. The van der Waals surface area contributed by atoms with Crippen LogP contribution in [0.4, 0.5) is 0 Å². The van der Waals surface area contributed by atoms with Crippen molar-refractivity contribution in [2.75, 3.05) is 0 Å². The van der Waals surface area contributed by atoms with Gasteiger partial charge in [0, 0.05) is 16.3 Å². The summed E-state index contributed by atoms with van der Waals surface area (Å²) in [5.41, 5.74) is 10.3. The van der Waals surface area contributed by atoms with Crippen molar-refractivity contribution in [3.05, 3.63) is 157 Å². The van der Waals surface area contributed by atoms with Crippen LogP contribution in [-0.4, -0.2) is 0 Å². The second kappa shape index (κ2) is 10.4. The van der Waals surface area contributed by atoms with E-state index in [0.717, 1.165) is 27.3 Å². The van der Waals surface area contributed by atoms with E-state index in [2.05, 4.69) is 148 Å². The van der Waals surface area contributed by atoms with Crippen molar-refractivity contribution in [3.63, 3.8) is 0 Å². The highest BCUT2D eigenvalue weighted by molar-refractivity contribution is 6.22. The van der Waals surface area contributed by atoms with Crippen LogP contribution in [0.1, 0.15) is 27.7 Å². The molecule has 1 heteroatoms. The Bertz CT molecular complexity index is 2650. The third kappa shape index (κ3) is 4.38. The summed E-state index contributed by atoms with van der Waals surface area (Å²) in [6.45, 7) is 6.74. The molecule has 9 aromatic rings. The van der Waals surface area contributed by atoms with Crippen molar-refractivity contribution in [3.8, 4) is 33.4 Å². The van der Waals surface area contributed by atoms with Crippen LogP contribution in [-0.2, 0) is 5.41 Å². The molecule has 0 saturated heterocycles. The highest BCUT2D eigenvalue weighted by Crippen LogP contribution is 2.46. The molecule has 0 spiro atoms. The van der Waals surface area contributed by atoms with Crippen molar-refractivity contribution in [1.82, 2.24) is 0 Å². The zero-order valence-corrected chi connectivity index (χ0v) is 26.8. The van der Waals surface area contributed by atoms with E-state index in [0.29, 0.717) is 6.04 Å². The van der Waals surface area contributed by atoms with Crippen molar-refractivity contribution < 1.29 is 5.79 Å². The van der Waals surface area contributed by atoms with Gasteiger partial charge >= 0.3 is 0 Å². The molecule has 0 bridgehead atoms. The molecule has 47 heavy (non-hydrogen) atoms. The first-order valence-electron chi connectivity index (χ1n) is 16.8. The lowest BCUT2D eigenvalue weighted by atomic mass is 9.83. The van der Waals surface area contributed by atoms with Gasteiger partial charge in [0.05, 0.1) is 1.37 Å². The van der Waals surface area contributed by atoms with Crippen LogP contribution < -0.4 is 0 Å². The minimum Gasteiger partial charge on any atom is -0.456 e. The molecule has 1 aromatic heterocycles. The van der Waals surface area contributed by atoms with E-state index in [1.807, 2.05) is 18.2 Å². The number of para-hydroxylation sites is 1. The van der Waals surface area contributed by atoms with Crippen LogP contribution in [0, 0.1) is 0 Å². The Kier molecular flexibility index (Phi) is 5.90. The van der Waals surface area contributed by atoms with E-state index < -0.39 is 0 Å². The summed E-state index contributed by atoms with van der Waals surface area (Å²) in [4.78, 5) is 0. The maximum absolute atomic E-state index is 8.06. The van der Waals surface area contributed by atoms with Gasteiger partial charge < -0.3 is 4.42 Å². The van der Waals surface area contributed by atoms with Gasteiger partial charge in [0.25, 0.3) is 0 Å². The lowest BCUT2D eigenvalue weighted by molar-refractivity contribution is 0.573. The largest absolute Gasteiger partial charge is 0.456 e.